The molecule has 76 valence electrons. The first-order valence-electron chi connectivity index (χ1n) is 3.94. The van der Waals surface area contributed by atoms with Crippen LogP contribution >= 0.6 is 22.9 Å². The van der Waals surface area contributed by atoms with Gasteiger partial charge in [0.2, 0.25) is 0 Å². The Hall–Kier alpha value is -1.000. The summed E-state index contributed by atoms with van der Waals surface area (Å²) in [4.78, 5) is 11.8. The van der Waals surface area contributed by atoms with E-state index in [0.29, 0.717) is 6.54 Å². The van der Waals surface area contributed by atoms with Gasteiger partial charge in [0.1, 0.15) is 0 Å². The van der Waals surface area contributed by atoms with Gasteiger partial charge in [-0.25, -0.2) is 4.79 Å². The fourth-order valence-electron chi connectivity index (χ4n) is 0.801. The van der Waals surface area contributed by atoms with Crippen LogP contribution < -0.4 is 5.32 Å². The number of ether oxygens (including phenoxy) is 1. The maximum Gasteiger partial charge on any atom is 0.331 e. The Balaban J connectivity index is 2.28. The number of hydrogen-bond acceptors (Lipinski definition) is 4. The second-order valence-electron chi connectivity index (χ2n) is 2.44. The van der Waals surface area contributed by atoms with Crippen molar-refractivity contribution in [2.75, 3.05) is 7.11 Å². The van der Waals surface area contributed by atoms with Crippen LogP contribution in [0.25, 0.3) is 0 Å². The second kappa shape index (κ2) is 5.67. The zero-order chi connectivity index (χ0) is 10.4. The van der Waals surface area contributed by atoms with E-state index in [4.69, 9.17) is 11.6 Å². The molecule has 0 bridgehead atoms. The number of esters is 1. The molecule has 0 spiro atoms. The minimum atomic E-state index is -0.373. The van der Waals surface area contributed by atoms with Gasteiger partial charge in [-0.1, -0.05) is 11.6 Å². The molecule has 0 radical (unpaired) electrons. The smallest absolute Gasteiger partial charge is 0.331 e. The zero-order valence-corrected chi connectivity index (χ0v) is 9.19. The van der Waals surface area contributed by atoms with E-state index in [0.717, 1.165) is 9.21 Å². The van der Waals surface area contributed by atoms with Gasteiger partial charge in [0, 0.05) is 23.7 Å². The molecule has 0 aliphatic carbocycles. The van der Waals surface area contributed by atoms with Crippen LogP contribution in [0.15, 0.2) is 24.4 Å². The standard InChI is InChI=1S/C9H10ClNO2S/c1-13-9(12)4-5-11-6-7-2-3-8(10)14-7/h2-5,11H,6H2,1H3/b5-4+. The highest BCUT2D eigenvalue weighted by Crippen LogP contribution is 2.20. The number of carbonyl (C=O) groups is 1. The van der Waals surface area contributed by atoms with Crippen molar-refractivity contribution in [1.82, 2.24) is 5.32 Å². The average Bonchev–Trinajstić information content (AvgIpc) is 2.58. The number of nitrogens with one attached hydrogen (secondary N) is 1. The van der Waals surface area contributed by atoms with E-state index in [1.807, 2.05) is 12.1 Å². The van der Waals surface area contributed by atoms with Crippen molar-refractivity contribution in [3.05, 3.63) is 33.6 Å². The van der Waals surface area contributed by atoms with E-state index in [1.54, 1.807) is 6.20 Å². The van der Waals surface area contributed by atoms with E-state index in [1.165, 1.54) is 24.5 Å². The van der Waals surface area contributed by atoms with Crippen LogP contribution in [0.5, 0.6) is 0 Å². The third-order valence-electron chi connectivity index (χ3n) is 1.44. The summed E-state index contributed by atoms with van der Waals surface area (Å²) in [6.45, 7) is 0.658. The molecule has 0 saturated heterocycles. The number of halogens is 1. The lowest BCUT2D eigenvalue weighted by atomic mass is 10.4. The first-order chi connectivity index (χ1) is 6.72. The monoisotopic (exact) mass is 231 g/mol. The van der Waals surface area contributed by atoms with Crippen LogP contribution in [0, 0.1) is 0 Å². The highest BCUT2D eigenvalue weighted by Gasteiger charge is 1.95. The number of methoxy groups -OCH3 is 1. The Morgan fingerprint density at radius 3 is 3.07 bits per heavy atom. The molecule has 0 saturated carbocycles. The van der Waals surface area contributed by atoms with Crippen molar-refractivity contribution >= 4 is 28.9 Å². The van der Waals surface area contributed by atoms with E-state index in [-0.39, 0.29) is 5.97 Å². The summed E-state index contributed by atoms with van der Waals surface area (Å²) < 4.78 is 5.19. The minimum Gasteiger partial charge on any atom is -0.466 e. The highest BCUT2D eigenvalue weighted by molar-refractivity contribution is 7.16. The van der Waals surface area contributed by atoms with Crippen molar-refractivity contribution in [2.45, 2.75) is 6.54 Å². The van der Waals surface area contributed by atoms with Crippen molar-refractivity contribution < 1.29 is 9.53 Å². The molecule has 1 aromatic heterocycles. The van der Waals surface area contributed by atoms with E-state index in [9.17, 15) is 4.79 Å². The lowest BCUT2D eigenvalue weighted by molar-refractivity contribution is -0.134. The van der Waals surface area contributed by atoms with Gasteiger partial charge in [0.15, 0.2) is 0 Å². The maximum atomic E-state index is 10.7. The maximum absolute atomic E-state index is 10.7. The zero-order valence-electron chi connectivity index (χ0n) is 7.62. The molecule has 1 heterocycles. The van der Waals surface area contributed by atoms with Crippen LogP contribution in [-0.2, 0) is 16.1 Å². The molecule has 0 aromatic carbocycles. The number of thiophene rings is 1. The summed E-state index contributed by atoms with van der Waals surface area (Å²) in [5, 5.41) is 2.95. The van der Waals surface area contributed by atoms with Gasteiger partial charge in [-0.15, -0.1) is 11.3 Å². The van der Waals surface area contributed by atoms with E-state index in [2.05, 4.69) is 10.1 Å². The Morgan fingerprint density at radius 2 is 2.50 bits per heavy atom. The molecule has 1 aromatic rings. The van der Waals surface area contributed by atoms with Gasteiger partial charge in [-0.3, -0.25) is 0 Å². The summed E-state index contributed by atoms with van der Waals surface area (Å²) in [6.07, 6.45) is 2.88. The quantitative estimate of drug-likeness (QED) is 0.638. The SMILES string of the molecule is COC(=O)/C=C/NCc1ccc(Cl)s1. The largest absolute Gasteiger partial charge is 0.466 e. The minimum absolute atomic E-state index is 0.373. The molecular formula is C9H10ClNO2S. The molecule has 0 amide bonds. The Bertz CT molecular complexity index is 335. The molecule has 5 heteroatoms. The van der Waals surface area contributed by atoms with E-state index >= 15 is 0 Å². The van der Waals surface area contributed by atoms with Gasteiger partial charge >= 0.3 is 5.97 Å². The number of rotatable bonds is 4. The van der Waals surface area contributed by atoms with Crippen molar-refractivity contribution in [3.63, 3.8) is 0 Å². The lowest BCUT2D eigenvalue weighted by Crippen LogP contribution is -2.04. The van der Waals surface area contributed by atoms with Gasteiger partial charge in [-0.05, 0) is 12.1 Å². The fourth-order valence-corrected chi connectivity index (χ4v) is 1.84. The topological polar surface area (TPSA) is 38.3 Å². The third-order valence-corrected chi connectivity index (χ3v) is 2.67. The van der Waals surface area contributed by atoms with Crippen LogP contribution in [-0.4, -0.2) is 13.1 Å². The van der Waals surface area contributed by atoms with Gasteiger partial charge < -0.3 is 10.1 Å². The summed E-state index contributed by atoms with van der Waals surface area (Å²) in [5.41, 5.74) is 0. The van der Waals surface area contributed by atoms with Gasteiger partial charge in [0.25, 0.3) is 0 Å². The molecule has 1 rings (SSSR count). The van der Waals surface area contributed by atoms with Gasteiger partial charge in [0.05, 0.1) is 11.4 Å². The summed E-state index contributed by atoms with van der Waals surface area (Å²) >= 11 is 7.25. The fraction of sp³-hybridized carbons (Fsp3) is 0.222. The summed E-state index contributed by atoms with van der Waals surface area (Å²) in [6, 6.07) is 3.78. The lowest BCUT2D eigenvalue weighted by Gasteiger charge is -1.96. The van der Waals surface area contributed by atoms with Crippen LogP contribution in [0.1, 0.15) is 4.88 Å². The van der Waals surface area contributed by atoms with E-state index < -0.39 is 0 Å². The molecule has 3 nitrogen and oxygen atoms in total. The molecule has 14 heavy (non-hydrogen) atoms. The number of carbonyl (C=O) groups excluding carboxylic acids is 1. The first-order valence-corrected chi connectivity index (χ1v) is 5.14. The first kappa shape index (κ1) is 11.1. The Morgan fingerprint density at radius 1 is 1.71 bits per heavy atom. The van der Waals surface area contributed by atoms with Crippen LogP contribution in [0.2, 0.25) is 4.34 Å². The van der Waals surface area contributed by atoms with Crippen molar-refractivity contribution in [2.24, 2.45) is 0 Å². The Kier molecular flexibility index (Phi) is 4.49. The second-order valence-corrected chi connectivity index (χ2v) is 4.24. The molecule has 1 N–H and O–H groups in total. The van der Waals surface area contributed by atoms with Crippen molar-refractivity contribution in [1.29, 1.82) is 0 Å². The third kappa shape index (κ3) is 3.81. The Labute approximate surface area is 91.3 Å². The van der Waals surface area contributed by atoms with Crippen LogP contribution in [0.4, 0.5) is 0 Å². The predicted molar refractivity (Wildman–Crippen MR) is 57.3 cm³/mol. The number of hydrogen-bond donors (Lipinski definition) is 1. The van der Waals surface area contributed by atoms with Crippen molar-refractivity contribution in [3.8, 4) is 0 Å². The molecule has 0 fully saturated rings. The van der Waals surface area contributed by atoms with Crippen LogP contribution in [0.3, 0.4) is 0 Å². The molecule has 0 unspecified atom stereocenters. The molecule has 0 atom stereocenters. The normalized spacial score (nSPS) is 10.4. The molecular weight excluding hydrogens is 222 g/mol. The summed E-state index contributed by atoms with van der Waals surface area (Å²) in [5.74, 6) is -0.373. The predicted octanol–water partition coefficient (Wildman–Crippen LogP) is 2.18. The molecule has 0 aliphatic rings. The summed E-state index contributed by atoms with van der Waals surface area (Å²) in [7, 11) is 1.34. The van der Waals surface area contributed by atoms with Gasteiger partial charge in [-0.2, -0.15) is 0 Å². The molecule has 0 aliphatic heterocycles. The highest BCUT2D eigenvalue weighted by atomic mass is 35.5. The average molecular weight is 232 g/mol.